The quantitative estimate of drug-likeness (QED) is 0.741. The van der Waals surface area contributed by atoms with Crippen LogP contribution in [0.4, 0.5) is 5.69 Å². The summed E-state index contributed by atoms with van der Waals surface area (Å²) in [6.45, 7) is 7.28. The van der Waals surface area contributed by atoms with Crippen molar-refractivity contribution in [3.8, 4) is 5.75 Å². The number of nitrogens with one attached hydrogen (secondary N) is 1. The number of pyridine rings is 1. The Labute approximate surface area is 146 Å². The normalized spacial score (nSPS) is 11.4. The number of carboxylic acid groups (broad SMARTS) is 1. The SMILES string of the molecule is CCC(=O)NC(C)(C)COc1cccc2nc(C)c(C(=O)O)c(N)c12. The Balaban J connectivity index is 2.40. The lowest BCUT2D eigenvalue weighted by molar-refractivity contribution is -0.122. The molecule has 0 saturated carbocycles. The average molecular weight is 345 g/mol. The van der Waals surface area contributed by atoms with Gasteiger partial charge in [0.05, 0.1) is 27.8 Å². The molecule has 2 rings (SSSR count). The number of aryl methyl sites for hydroxylation is 1. The minimum absolute atomic E-state index is 0.0258. The van der Waals surface area contributed by atoms with Crippen LogP contribution in [-0.2, 0) is 4.79 Å². The molecule has 0 radical (unpaired) electrons. The van der Waals surface area contributed by atoms with Crippen molar-refractivity contribution in [3.63, 3.8) is 0 Å². The summed E-state index contributed by atoms with van der Waals surface area (Å²) in [6.07, 6.45) is 0.385. The number of fused-ring (bicyclic) bond motifs is 1. The number of nitrogen functional groups attached to an aromatic ring is 1. The molecular weight excluding hydrogens is 322 g/mol. The Hall–Kier alpha value is -2.83. The molecule has 2 aromatic rings. The van der Waals surface area contributed by atoms with E-state index in [0.717, 1.165) is 0 Å². The molecule has 1 aromatic heterocycles. The molecule has 0 aliphatic rings. The van der Waals surface area contributed by atoms with E-state index < -0.39 is 11.5 Å². The molecule has 4 N–H and O–H groups in total. The number of rotatable bonds is 6. The number of hydrogen-bond donors (Lipinski definition) is 3. The predicted octanol–water partition coefficient (Wildman–Crippen LogP) is 2.51. The zero-order valence-electron chi connectivity index (χ0n) is 14.8. The lowest BCUT2D eigenvalue weighted by Gasteiger charge is -2.26. The first-order valence-corrected chi connectivity index (χ1v) is 8.02. The number of carboxylic acids is 1. The molecule has 0 aliphatic carbocycles. The molecular formula is C18H23N3O4. The second kappa shape index (κ2) is 6.96. The number of aromatic nitrogens is 1. The molecule has 0 bridgehead atoms. The van der Waals surface area contributed by atoms with E-state index in [4.69, 9.17) is 10.5 Å². The van der Waals surface area contributed by atoms with Crippen LogP contribution in [0.15, 0.2) is 18.2 Å². The van der Waals surface area contributed by atoms with Crippen LogP contribution in [0.1, 0.15) is 43.2 Å². The lowest BCUT2D eigenvalue weighted by atomic mass is 10.0. The van der Waals surface area contributed by atoms with Crippen LogP contribution in [0.5, 0.6) is 5.75 Å². The molecule has 1 amide bonds. The number of nitrogens with zero attached hydrogens (tertiary/aromatic N) is 1. The van der Waals surface area contributed by atoms with E-state index in [0.29, 0.717) is 28.8 Å². The molecule has 0 saturated heterocycles. The summed E-state index contributed by atoms with van der Waals surface area (Å²) in [4.78, 5) is 27.4. The number of carbonyl (C=O) groups is 2. The largest absolute Gasteiger partial charge is 0.490 e. The molecule has 25 heavy (non-hydrogen) atoms. The summed E-state index contributed by atoms with van der Waals surface area (Å²) < 4.78 is 5.86. The number of benzene rings is 1. The van der Waals surface area contributed by atoms with Crippen LogP contribution in [0.25, 0.3) is 10.9 Å². The minimum atomic E-state index is -1.13. The van der Waals surface area contributed by atoms with E-state index >= 15 is 0 Å². The fourth-order valence-electron chi connectivity index (χ4n) is 2.59. The summed E-state index contributed by atoms with van der Waals surface area (Å²) in [5, 5.41) is 12.7. The molecule has 0 unspecified atom stereocenters. The van der Waals surface area contributed by atoms with E-state index in [1.807, 2.05) is 13.8 Å². The summed E-state index contributed by atoms with van der Waals surface area (Å²) >= 11 is 0. The molecule has 0 fully saturated rings. The van der Waals surface area contributed by atoms with Crippen LogP contribution in [0, 0.1) is 6.92 Å². The molecule has 0 atom stereocenters. The van der Waals surface area contributed by atoms with Crippen molar-refractivity contribution in [2.75, 3.05) is 12.3 Å². The first-order chi connectivity index (χ1) is 11.7. The Morgan fingerprint density at radius 3 is 2.64 bits per heavy atom. The van der Waals surface area contributed by atoms with Gasteiger partial charge < -0.3 is 20.9 Å². The Morgan fingerprint density at radius 2 is 2.04 bits per heavy atom. The van der Waals surface area contributed by atoms with Gasteiger partial charge in [-0.15, -0.1) is 0 Å². The van der Waals surface area contributed by atoms with Crippen molar-refractivity contribution in [2.24, 2.45) is 0 Å². The number of nitrogens with two attached hydrogens (primary N) is 1. The minimum Gasteiger partial charge on any atom is -0.490 e. The van der Waals surface area contributed by atoms with Gasteiger partial charge in [0.2, 0.25) is 5.91 Å². The average Bonchev–Trinajstić information content (AvgIpc) is 2.51. The molecule has 0 spiro atoms. The highest BCUT2D eigenvalue weighted by molar-refractivity contribution is 6.06. The van der Waals surface area contributed by atoms with Gasteiger partial charge in [-0.05, 0) is 32.9 Å². The van der Waals surface area contributed by atoms with Gasteiger partial charge >= 0.3 is 5.97 Å². The number of amides is 1. The second-order valence-corrected chi connectivity index (χ2v) is 6.52. The van der Waals surface area contributed by atoms with Crippen LogP contribution in [-0.4, -0.2) is 34.1 Å². The van der Waals surface area contributed by atoms with Gasteiger partial charge in [-0.25, -0.2) is 4.79 Å². The van der Waals surface area contributed by atoms with Gasteiger partial charge in [0.15, 0.2) is 0 Å². The third-order valence-electron chi connectivity index (χ3n) is 3.79. The topological polar surface area (TPSA) is 115 Å². The van der Waals surface area contributed by atoms with Crippen LogP contribution in [0.3, 0.4) is 0 Å². The van der Waals surface area contributed by atoms with Gasteiger partial charge in [-0.1, -0.05) is 13.0 Å². The third-order valence-corrected chi connectivity index (χ3v) is 3.79. The summed E-state index contributed by atoms with van der Waals surface area (Å²) in [5.74, 6) is -0.768. The number of hydrogen-bond acceptors (Lipinski definition) is 5. The van der Waals surface area contributed by atoms with Crippen LogP contribution < -0.4 is 15.8 Å². The predicted molar refractivity (Wildman–Crippen MR) is 95.9 cm³/mol. The molecule has 7 nitrogen and oxygen atoms in total. The van der Waals surface area contributed by atoms with E-state index in [1.165, 1.54) is 0 Å². The summed E-state index contributed by atoms with van der Waals surface area (Å²) in [7, 11) is 0. The Kier molecular flexibility index (Phi) is 5.15. The third kappa shape index (κ3) is 3.99. The Morgan fingerprint density at radius 1 is 1.36 bits per heavy atom. The standard InChI is InChI=1S/C18H23N3O4/c1-5-13(22)21-18(3,4)9-25-12-8-6-7-11-15(12)16(19)14(17(23)24)10(2)20-11/h6-8H,5,9H2,1-4H3,(H2,19,20)(H,21,22)(H,23,24). The Bertz CT molecular complexity index is 831. The number of aromatic carboxylic acids is 1. The summed E-state index contributed by atoms with van der Waals surface area (Å²) in [5.41, 5.74) is 6.52. The number of carbonyl (C=O) groups excluding carboxylic acids is 1. The second-order valence-electron chi connectivity index (χ2n) is 6.52. The van der Waals surface area contributed by atoms with Crippen LogP contribution >= 0.6 is 0 Å². The highest BCUT2D eigenvalue weighted by Crippen LogP contribution is 2.33. The number of anilines is 1. The van der Waals surface area contributed by atoms with Crippen LogP contribution in [0.2, 0.25) is 0 Å². The van der Waals surface area contributed by atoms with Gasteiger partial charge in [0, 0.05) is 6.42 Å². The van der Waals surface area contributed by atoms with Crippen molar-refractivity contribution in [2.45, 2.75) is 39.7 Å². The van der Waals surface area contributed by atoms with Crippen molar-refractivity contribution in [1.82, 2.24) is 10.3 Å². The van der Waals surface area contributed by atoms with Gasteiger partial charge in [-0.3, -0.25) is 9.78 Å². The molecule has 0 aliphatic heterocycles. The van der Waals surface area contributed by atoms with Crippen molar-refractivity contribution < 1.29 is 19.4 Å². The lowest BCUT2D eigenvalue weighted by Crippen LogP contribution is -2.47. The van der Waals surface area contributed by atoms with Gasteiger partial charge in [0.1, 0.15) is 17.9 Å². The highest BCUT2D eigenvalue weighted by atomic mass is 16.5. The monoisotopic (exact) mass is 345 g/mol. The van der Waals surface area contributed by atoms with Crippen molar-refractivity contribution >= 4 is 28.5 Å². The first kappa shape index (κ1) is 18.5. The van der Waals surface area contributed by atoms with Crippen molar-refractivity contribution in [3.05, 3.63) is 29.5 Å². The van der Waals surface area contributed by atoms with Crippen molar-refractivity contribution in [1.29, 1.82) is 0 Å². The fraction of sp³-hybridized carbons (Fsp3) is 0.389. The molecule has 1 aromatic carbocycles. The zero-order chi connectivity index (χ0) is 18.8. The first-order valence-electron chi connectivity index (χ1n) is 8.02. The molecule has 1 heterocycles. The summed E-state index contributed by atoms with van der Waals surface area (Å²) in [6, 6.07) is 5.22. The number of ether oxygens (including phenoxy) is 1. The smallest absolute Gasteiger partial charge is 0.339 e. The van der Waals surface area contributed by atoms with Gasteiger partial charge in [0.25, 0.3) is 0 Å². The zero-order valence-corrected chi connectivity index (χ0v) is 14.8. The maximum absolute atomic E-state index is 11.6. The maximum atomic E-state index is 11.6. The van der Waals surface area contributed by atoms with E-state index in [9.17, 15) is 14.7 Å². The maximum Gasteiger partial charge on any atom is 0.339 e. The van der Waals surface area contributed by atoms with E-state index in [-0.39, 0.29) is 23.8 Å². The molecule has 7 heteroatoms. The fourth-order valence-corrected chi connectivity index (χ4v) is 2.59. The molecule has 134 valence electrons. The highest BCUT2D eigenvalue weighted by Gasteiger charge is 2.23. The van der Waals surface area contributed by atoms with E-state index in [1.54, 1.807) is 32.0 Å². The van der Waals surface area contributed by atoms with Gasteiger partial charge in [-0.2, -0.15) is 0 Å². The van der Waals surface area contributed by atoms with E-state index in [2.05, 4.69) is 10.3 Å².